The maximum atomic E-state index is 14.8. The molecule has 0 saturated carbocycles. The molecule has 10 N–H and O–H groups in total. The summed E-state index contributed by atoms with van der Waals surface area (Å²) in [4.78, 5) is 163. The number of carbonyl (C=O) groups is 11. The molecule has 6 aromatic rings. The van der Waals surface area contributed by atoms with Crippen LogP contribution in [0.3, 0.4) is 0 Å². The summed E-state index contributed by atoms with van der Waals surface area (Å²) in [6, 6.07) is 33.2. The zero-order valence-corrected chi connectivity index (χ0v) is 58.6. The Morgan fingerprint density at radius 3 is 1.67 bits per heavy atom. The average molecular weight is 1400 g/mol. The van der Waals surface area contributed by atoms with Crippen molar-refractivity contribution in [2.24, 2.45) is 23.5 Å². The number of benzene rings is 5. The first kappa shape index (κ1) is 78.6. The Labute approximate surface area is 594 Å². The van der Waals surface area contributed by atoms with Crippen molar-refractivity contribution < 1.29 is 71.7 Å². The van der Waals surface area contributed by atoms with Gasteiger partial charge in [0, 0.05) is 37.7 Å². The lowest BCUT2D eigenvalue weighted by molar-refractivity contribution is -0.150. The van der Waals surface area contributed by atoms with Gasteiger partial charge in [0.25, 0.3) is 0 Å². The van der Waals surface area contributed by atoms with Crippen molar-refractivity contribution in [1.82, 2.24) is 52.1 Å². The van der Waals surface area contributed by atoms with Gasteiger partial charge in [-0.05, 0) is 83.4 Å². The number of aromatic nitrogens is 2. The third-order valence-electron chi connectivity index (χ3n) is 17.2. The van der Waals surface area contributed by atoms with E-state index in [1.165, 1.54) is 17.4 Å². The minimum atomic E-state index is -1.62. The number of imidazole rings is 1. The predicted octanol–water partition coefficient (Wildman–Crippen LogP) is 5.27. The van der Waals surface area contributed by atoms with Crippen molar-refractivity contribution in [3.8, 4) is 5.75 Å². The van der Waals surface area contributed by atoms with Crippen LogP contribution < -0.4 is 47.7 Å². The fraction of sp³-hybridized carbons (Fsp3) is 0.421. The van der Waals surface area contributed by atoms with Gasteiger partial charge in [-0.2, -0.15) is 0 Å². The molecule has 5 aromatic carbocycles. The number of hydrogen-bond donors (Lipinski definition) is 9. The van der Waals surface area contributed by atoms with Gasteiger partial charge < -0.3 is 71.8 Å². The summed E-state index contributed by atoms with van der Waals surface area (Å²) in [6.07, 6.45) is 2.66. The molecule has 2 heterocycles. The zero-order chi connectivity index (χ0) is 73.5. The monoisotopic (exact) mass is 1400 g/mol. The largest absolute Gasteiger partial charge is 0.489 e. The highest BCUT2D eigenvalue weighted by molar-refractivity contribution is 5.99. The molecule has 1 aliphatic rings. The van der Waals surface area contributed by atoms with Gasteiger partial charge in [0.2, 0.25) is 47.3 Å². The molecule has 9 atom stereocenters. The number of nitrogens with zero attached hydrogens (tertiary/aromatic N) is 2. The van der Waals surface area contributed by atoms with Crippen molar-refractivity contribution in [3.05, 3.63) is 192 Å². The highest BCUT2D eigenvalue weighted by atomic mass is 16.5. The first-order valence-electron chi connectivity index (χ1n) is 34.5. The van der Waals surface area contributed by atoms with Crippen LogP contribution in [0.2, 0.25) is 0 Å². The van der Waals surface area contributed by atoms with Crippen molar-refractivity contribution in [2.45, 2.75) is 174 Å². The van der Waals surface area contributed by atoms with Crippen molar-refractivity contribution >= 4 is 65.2 Å². The van der Waals surface area contributed by atoms with Gasteiger partial charge in [-0.3, -0.25) is 47.9 Å². The third-order valence-corrected chi connectivity index (χ3v) is 17.2. The van der Waals surface area contributed by atoms with E-state index >= 15 is 0 Å². The normalized spacial score (nSPS) is 15.0. The van der Waals surface area contributed by atoms with Crippen LogP contribution in [-0.2, 0) is 106 Å². The molecule has 1 aromatic heterocycles. The first-order chi connectivity index (χ1) is 49.0. The number of ether oxygens (including phenoxy) is 4. The zero-order valence-electron chi connectivity index (χ0n) is 58.6. The smallest absolute Gasteiger partial charge is 0.329 e. The van der Waals surface area contributed by atoms with Gasteiger partial charge in [0.15, 0.2) is 0 Å². The maximum absolute atomic E-state index is 14.8. The minimum Gasteiger partial charge on any atom is -0.489 e. The summed E-state index contributed by atoms with van der Waals surface area (Å²) in [5.41, 5.74) is 10.5. The SMILES string of the molecule is CC[C@H](C)[C@H](NC(=O)[C@@H]1CCCN1C(=O)[C@H](CC(=O)OCc1ccccc1)NC(=O)[C@@H](NC(=O)[C@@H](N)CCC(=O)OCc1ccccc1)C(C)C)C(=O)NCC(=O)N[C@@H](Cc1cnc[nH]1)C(=O)N[C@@H](CC(C)C)C(=O)N[C@@H](Cc1ccc(OCc2ccccc2)cc1)C(=O)OCc1ccccc1. The standard InChI is InChI=1S/C76H95N11O15/c1-7-50(6)68(86-72(94)63-29-20-36-87(63)75(97)61(40-66(90)101-45-54-25-16-10-17-26-54)83-74(96)67(49(4)5)85-69(91)58(77)34-35-65(89)100-44-53-23-14-9-15-24-53)73(95)79-42-64(88)81-60(39-56-41-78-47-80-56)71(93)82-59(37-48(2)3)70(92)84-62(76(98)102-46-55-27-18-11-19-28-55)38-51-30-32-57(33-31-51)99-43-52-21-12-8-13-22-52/h8-19,21-28,30-33,41,47-50,58-63,67-68H,7,20,29,34-40,42-46,77H2,1-6H3,(H,78,80)(H,79,95)(H,81,88)(H,82,93)(H,83,96)(H,84,92)(H,85,91)(H,86,94)/t50-,58-,59-,60-,61-,62-,63-,67-,68-/m0/s1. The number of nitrogens with two attached hydrogens (primary N) is 1. The van der Waals surface area contributed by atoms with E-state index in [-0.39, 0.29) is 70.8 Å². The Bertz CT molecular complexity index is 3700. The summed E-state index contributed by atoms with van der Waals surface area (Å²) in [5, 5.41) is 18.9. The molecular formula is C76H95N11O15. The Morgan fingerprint density at radius 1 is 0.559 bits per heavy atom. The third kappa shape index (κ3) is 25.8. The summed E-state index contributed by atoms with van der Waals surface area (Å²) in [6.45, 7) is 9.96. The summed E-state index contributed by atoms with van der Waals surface area (Å²) in [7, 11) is 0. The molecular weight excluding hydrogens is 1310 g/mol. The number of rotatable bonds is 39. The Balaban J connectivity index is 0.994. The number of H-pyrrole nitrogens is 1. The van der Waals surface area contributed by atoms with E-state index < -0.39 is 138 Å². The van der Waals surface area contributed by atoms with E-state index in [1.54, 1.807) is 119 Å². The number of aromatic amines is 1. The van der Waals surface area contributed by atoms with Gasteiger partial charge in [-0.1, -0.05) is 181 Å². The fourth-order valence-electron chi connectivity index (χ4n) is 11.2. The number of likely N-dealkylation sites (tertiary alicyclic amines) is 1. The highest BCUT2D eigenvalue weighted by Crippen LogP contribution is 2.23. The molecule has 1 saturated heterocycles. The molecule has 8 amide bonds. The van der Waals surface area contributed by atoms with Crippen molar-refractivity contribution in [2.75, 3.05) is 13.1 Å². The topological polar surface area (TPSA) is 367 Å². The Hall–Kier alpha value is -10.8. The number of hydrogen-bond acceptors (Lipinski definition) is 17. The van der Waals surface area contributed by atoms with Crippen LogP contribution in [0.1, 0.15) is 120 Å². The van der Waals surface area contributed by atoms with Crippen LogP contribution in [0.25, 0.3) is 0 Å². The molecule has 7 rings (SSSR count). The summed E-state index contributed by atoms with van der Waals surface area (Å²) >= 11 is 0. The van der Waals surface area contributed by atoms with Gasteiger partial charge in [0.1, 0.15) is 74.5 Å². The molecule has 26 nitrogen and oxygen atoms in total. The Morgan fingerprint density at radius 2 is 1.11 bits per heavy atom. The van der Waals surface area contributed by atoms with E-state index in [0.29, 0.717) is 42.0 Å². The van der Waals surface area contributed by atoms with Crippen LogP contribution in [0.4, 0.5) is 0 Å². The molecule has 0 aliphatic carbocycles. The molecule has 1 fully saturated rings. The second kappa shape index (κ2) is 40.5. The van der Waals surface area contributed by atoms with E-state index in [1.807, 2.05) is 68.4 Å². The minimum absolute atomic E-state index is 0.0120. The van der Waals surface area contributed by atoms with E-state index in [9.17, 15) is 52.7 Å². The van der Waals surface area contributed by atoms with Crippen LogP contribution >= 0.6 is 0 Å². The quantitative estimate of drug-likeness (QED) is 0.0175. The molecule has 0 unspecified atom stereocenters. The second-order valence-electron chi connectivity index (χ2n) is 26.1. The second-order valence-corrected chi connectivity index (χ2v) is 26.1. The van der Waals surface area contributed by atoms with Crippen LogP contribution in [-0.4, -0.2) is 141 Å². The molecule has 102 heavy (non-hydrogen) atoms. The molecule has 0 bridgehead atoms. The number of amides is 8. The molecule has 0 radical (unpaired) electrons. The van der Waals surface area contributed by atoms with Gasteiger partial charge in [-0.15, -0.1) is 0 Å². The summed E-state index contributed by atoms with van der Waals surface area (Å²) < 4.78 is 22.6. The molecule has 0 spiro atoms. The lowest BCUT2D eigenvalue weighted by atomic mass is 9.97. The number of carbonyl (C=O) groups excluding carboxylic acids is 11. The summed E-state index contributed by atoms with van der Waals surface area (Å²) in [5.74, 6) is -9.10. The molecule has 26 heteroatoms. The highest BCUT2D eigenvalue weighted by Gasteiger charge is 2.42. The first-order valence-corrected chi connectivity index (χ1v) is 34.5. The molecule has 544 valence electrons. The van der Waals surface area contributed by atoms with Crippen LogP contribution in [0, 0.1) is 17.8 Å². The van der Waals surface area contributed by atoms with E-state index in [2.05, 4.69) is 47.2 Å². The lowest BCUT2D eigenvalue weighted by Gasteiger charge is -2.31. The molecule has 1 aliphatic heterocycles. The van der Waals surface area contributed by atoms with Crippen molar-refractivity contribution in [1.29, 1.82) is 0 Å². The predicted molar refractivity (Wildman–Crippen MR) is 377 cm³/mol. The van der Waals surface area contributed by atoms with Gasteiger partial charge in [-0.25, -0.2) is 9.78 Å². The van der Waals surface area contributed by atoms with Crippen LogP contribution in [0.15, 0.2) is 158 Å². The van der Waals surface area contributed by atoms with Crippen molar-refractivity contribution in [3.63, 3.8) is 0 Å². The number of nitrogens with one attached hydrogen (secondary N) is 8. The van der Waals surface area contributed by atoms with Gasteiger partial charge >= 0.3 is 17.9 Å². The van der Waals surface area contributed by atoms with Crippen LogP contribution in [0.5, 0.6) is 5.75 Å². The maximum Gasteiger partial charge on any atom is 0.329 e. The average Bonchev–Trinajstić information content (AvgIpc) is 1.52. The Kier molecular flexibility index (Phi) is 31.2. The fourth-order valence-corrected chi connectivity index (χ4v) is 11.2. The van der Waals surface area contributed by atoms with Gasteiger partial charge in [0.05, 0.1) is 25.3 Å². The number of esters is 3. The lowest BCUT2D eigenvalue weighted by Crippen LogP contribution is -2.60. The van der Waals surface area contributed by atoms with E-state index in [4.69, 9.17) is 24.7 Å². The van der Waals surface area contributed by atoms with E-state index in [0.717, 1.165) is 16.7 Å².